The summed E-state index contributed by atoms with van der Waals surface area (Å²) in [7, 11) is 0. The van der Waals surface area contributed by atoms with Crippen LogP contribution in [0.3, 0.4) is 0 Å². The van der Waals surface area contributed by atoms with Gasteiger partial charge in [-0.25, -0.2) is 4.79 Å². The van der Waals surface area contributed by atoms with Crippen LogP contribution in [0.2, 0.25) is 0 Å². The summed E-state index contributed by atoms with van der Waals surface area (Å²) < 4.78 is 6.40. The lowest BCUT2D eigenvalue weighted by Crippen LogP contribution is -2.35. The third kappa shape index (κ3) is 3.38. The molecule has 3 rings (SSSR count). The van der Waals surface area contributed by atoms with Crippen molar-refractivity contribution in [3.63, 3.8) is 0 Å². The number of carbonyl (C=O) groups is 2. The highest BCUT2D eigenvalue weighted by Crippen LogP contribution is 2.44. The number of Topliss-reactive ketones (excluding diaryl/α,β-unsaturated/α-hetero) is 1. The van der Waals surface area contributed by atoms with Crippen LogP contribution in [-0.4, -0.2) is 18.4 Å². The van der Waals surface area contributed by atoms with Crippen LogP contribution in [0, 0.1) is 3.57 Å². The van der Waals surface area contributed by atoms with Gasteiger partial charge in [-0.15, -0.1) is 0 Å². The molecular formula is C20H22INO3. The Kier molecular flexibility index (Phi) is 5.61. The quantitative estimate of drug-likeness (QED) is 0.551. The molecule has 0 fully saturated rings. The van der Waals surface area contributed by atoms with E-state index in [1.165, 1.54) is 0 Å². The normalized spacial score (nSPS) is 20.3. The van der Waals surface area contributed by atoms with Gasteiger partial charge in [-0.05, 0) is 60.4 Å². The molecule has 1 unspecified atom stereocenters. The zero-order valence-electron chi connectivity index (χ0n) is 14.5. The summed E-state index contributed by atoms with van der Waals surface area (Å²) in [6.45, 7) is 4.14. The summed E-state index contributed by atoms with van der Waals surface area (Å²) in [4.78, 5) is 25.6. The molecule has 0 saturated heterocycles. The van der Waals surface area contributed by atoms with Gasteiger partial charge in [-0.3, -0.25) is 4.79 Å². The van der Waals surface area contributed by atoms with Crippen LogP contribution < -0.4 is 5.32 Å². The number of halogens is 1. The van der Waals surface area contributed by atoms with Crippen molar-refractivity contribution >= 4 is 34.3 Å². The molecule has 0 spiro atoms. The molecule has 1 aromatic rings. The lowest BCUT2D eigenvalue weighted by atomic mass is 9.75. The van der Waals surface area contributed by atoms with E-state index >= 15 is 0 Å². The number of hydrogen-bond donors (Lipinski definition) is 1. The third-order valence-electron chi connectivity index (χ3n) is 4.73. The first kappa shape index (κ1) is 18.2. The Morgan fingerprint density at radius 1 is 1.28 bits per heavy atom. The first-order chi connectivity index (χ1) is 12.1. The van der Waals surface area contributed by atoms with Crippen LogP contribution in [0.4, 0.5) is 0 Å². The van der Waals surface area contributed by atoms with E-state index in [2.05, 4.69) is 27.9 Å². The third-order valence-corrected chi connectivity index (χ3v) is 5.71. The number of benzene rings is 1. The van der Waals surface area contributed by atoms with Gasteiger partial charge in [0.25, 0.3) is 0 Å². The molecule has 1 atom stereocenters. The van der Waals surface area contributed by atoms with Gasteiger partial charge in [-0.2, -0.15) is 0 Å². The zero-order valence-corrected chi connectivity index (χ0v) is 16.7. The molecule has 4 nitrogen and oxygen atoms in total. The van der Waals surface area contributed by atoms with Gasteiger partial charge in [0.2, 0.25) is 0 Å². The summed E-state index contributed by atoms with van der Waals surface area (Å²) in [5, 5.41) is 3.38. The highest BCUT2D eigenvalue weighted by Gasteiger charge is 2.40. The fourth-order valence-electron chi connectivity index (χ4n) is 3.65. The van der Waals surface area contributed by atoms with E-state index in [4.69, 9.17) is 4.74 Å². The predicted molar refractivity (Wildman–Crippen MR) is 105 cm³/mol. The molecular weight excluding hydrogens is 429 g/mol. The summed E-state index contributed by atoms with van der Waals surface area (Å²) in [6, 6.07) is 7.96. The molecule has 132 valence electrons. The number of hydrogen-bond acceptors (Lipinski definition) is 4. The number of ether oxygens (including phenoxy) is 1. The van der Waals surface area contributed by atoms with E-state index in [-0.39, 0.29) is 17.7 Å². The highest BCUT2D eigenvalue weighted by molar-refractivity contribution is 14.1. The Hall–Kier alpha value is -1.63. The van der Waals surface area contributed by atoms with E-state index in [0.717, 1.165) is 38.9 Å². The first-order valence-corrected chi connectivity index (χ1v) is 9.84. The Labute approximate surface area is 161 Å². The van der Waals surface area contributed by atoms with Crippen LogP contribution in [0.15, 0.2) is 46.8 Å². The molecule has 1 aliphatic heterocycles. The molecule has 1 aromatic carbocycles. The van der Waals surface area contributed by atoms with Crippen molar-refractivity contribution in [1.82, 2.24) is 5.32 Å². The maximum atomic E-state index is 12.8. The van der Waals surface area contributed by atoms with Crippen LogP contribution in [-0.2, 0) is 14.3 Å². The van der Waals surface area contributed by atoms with Gasteiger partial charge >= 0.3 is 5.97 Å². The van der Waals surface area contributed by atoms with E-state index in [1.807, 2.05) is 31.2 Å². The molecule has 0 radical (unpaired) electrons. The molecule has 0 saturated carbocycles. The molecule has 0 bridgehead atoms. The van der Waals surface area contributed by atoms with Crippen molar-refractivity contribution in [1.29, 1.82) is 0 Å². The van der Waals surface area contributed by atoms with E-state index in [1.54, 1.807) is 6.92 Å². The number of nitrogens with one attached hydrogen (secondary N) is 1. The lowest BCUT2D eigenvalue weighted by molar-refractivity contribution is -0.138. The Morgan fingerprint density at radius 2 is 2.04 bits per heavy atom. The van der Waals surface area contributed by atoms with Gasteiger partial charge in [0.1, 0.15) is 0 Å². The second kappa shape index (κ2) is 7.72. The van der Waals surface area contributed by atoms with E-state index in [0.29, 0.717) is 25.0 Å². The minimum atomic E-state index is -0.342. The SMILES string of the molecule is CCOC(=O)C1=C(CC)NC2=C(C(=O)CCC2)C1c1ccccc1I. The molecule has 1 N–H and O–H groups in total. The van der Waals surface area contributed by atoms with Gasteiger partial charge in [0, 0.05) is 32.9 Å². The molecule has 5 heteroatoms. The Bertz CT molecular complexity index is 779. The minimum absolute atomic E-state index is 0.135. The van der Waals surface area contributed by atoms with Crippen LogP contribution >= 0.6 is 22.6 Å². The second-order valence-electron chi connectivity index (χ2n) is 6.21. The Morgan fingerprint density at radius 3 is 2.72 bits per heavy atom. The standard InChI is InChI=1S/C20H22INO3/c1-3-14-19(20(24)25-4-2)17(12-8-5-6-9-13(12)21)18-15(22-14)10-7-11-16(18)23/h5-6,8-9,17,22H,3-4,7,10-11H2,1-2H3. The van der Waals surface area contributed by atoms with Crippen molar-refractivity contribution in [3.8, 4) is 0 Å². The van der Waals surface area contributed by atoms with Crippen molar-refractivity contribution < 1.29 is 14.3 Å². The van der Waals surface area contributed by atoms with Gasteiger partial charge in [0.05, 0.1) is 12.2 Å². The number of esters is 1. The van der Waals surface area contributed by atoms with E-state index < -0.39 is 0 Å². The smallest absolute Gasteiger partial charge is 0.336 e. The van der Waals surface area contributed by atoms with Crippen molar-refractivity contribution in [2.75, 3.05) is 6.61 Å². The van der Waals surface area contributed by atoms with Crippen LogP contribution in [0.5, 0.6) is 0 Å². The summed E-state index contributed by atoms with van der Waals surface area (Å²) in [6.07, 6.45) is 2.94. The molecule has 0 amide bonds. The highest BCUT2D eigenvalue weighted by atomic mass is 127. The van der Waals surface area contributed by atoms with Crippen molar-refractivity contribution in [3.05, 3.63) is 55.9 Å². The average Bonchev–Trinajstić information content (AvgIpc) is 2.61. The fourth-order valence-corrected chi connectivity index (χ4v) is 4.34. The molecule has 1 aliphatic carbocycles. The zero-order chi connectivity index (χ0) is 18.0. The number of rotatable bonds is 4. The van der Waals surface area contributed by atoms with Crippen LogP contribution in [0.1, 0.15) is 51.0 Å². The van der Waals surface area contributed by atoms with Gasteiger partial charge < -0.3 is 10.1 Å². The van der Waals surface area contributed by atoms with E-state index in [9.17, 15) is 9.59 Å². The van der Waals surface area contributed by atoms with Gasteiger partial charge in [-0.1, -0.05) is 25.1 Å². The largest absolute Gasteiger partial charge is 0.463 e. The topological polar surface area (TPSA) is 55.4 Å². The van der Waals surface area contributed by atoms with Crippen molar-refractivity contribution in [2.24, 2.45) is 0 Å². The summed E-state index contributed by atoms with van der Waals surface area (Å²) in [5.41, 5.74) is 4.18. The number of carbonyl (C=O) groups excluding carboxylic acids is 2. The lowest BCUT2D eigenvalue weighted by Gasteiger charge is -2.35. The monoisotopic (exact) mass is 451 g/mol. The van der Waals surface area contributed by atoms with Crippen LogP contribution in [0.25, 0.3) is 0 Å². The molecule has 2 aliphatic rings. The second-order valence-corrected chi connectivity index (χ2v) is 7.38. The number of allylic oxidation sites excluding steroid dienone is 3. The number of ketones is 1. The Balaban J connectivity index is 2.22. The first-order valence-electron chi connectivity index (χ1n) is 8.76. The predicted octanol–water partition coefficient (Wildman–Crippen LogP) is 4.21. The minimum Gasteiger partial charge on any atom is -0.463 e. The summed E-state index contributed by atoms with van der Waals surface area (Å²) in [5.74, 6) is -0.539. The molecule has 1 heterocycles. The summed E-state index contributed by atoms with van der Waals surface area (Å²) >= 11 is 2.28. The van der Waals surface area contributed by atoms with Gasteiger partial charge in [0.15, 0.2) is 5.78 Å². The molecule has 0 aromatic heterocycles. The maximum absolute atomic E-state index is 12.8. The van der Waals surface area contributed by atoms with Crippen molar-refractivity contribution in [2.45, 2.75) is 45.4 Å². The number of dihydropyridines is 1. The maximum Gasteiger partial charge on any atom is 0.336 e. The molecule has 25 heavy (non-hydrogen) atoms. The average molecular weight is 451 g/mol. The fraction of sp³-hybridized carbons (Fsp3) is 0.400.